The van der Waals surface area contributed by atoms with Gasteiger partial charge in [0.25, 0.3) is 5.69 Å². The summed E-state index contributed by atoms with van der Waals surface area (Å²) >= 11 is 3.06. The molecule has 0 saturated heterocycles. The van der Waals surface area contributed by atoms with E-state index in [9.17, 15) is 18.5 Å². The molecule has 0 amide bonds. The van der Waals surface area contributed by atoms with Gasteiger partial charge in [0, 0.05) is 12.1 Å². The standard InChI is InChI=1S/C10H13BrN2O4S/c1-7(12)5-18(16,17)6-8-3-2-4-9(10(8)11)13(14)15/h2-4,7H,5-6,12H2,1H3. The molecule has 1 unspecified atom stereocenters. The molecule has 0 fully saturated rings. The van der Waals surface area contributed by atoms with Crippen LogP contribution in [-0.2, 0) is 15.6 Å². The van der Waals surface area contributed by atoms with Gasteiger partial charge >= 0.3 is 0 Å². The zero-order chi connectivity index (χ0) is 13.9. The van der Waals surface area contributed by atoms with Crippen molar-refractivity contribution in [3.05, 3.63) is 38.3 Å². The predicted molar refractivity (Wildman–Crippen MR) is 71.9 cm³/mol. The lowest BCUT2D eigenvalue weighted by atomic mass is 10.2. The number of hydrogen-bond donors (Lipinski definition) is 1. The van der Waals surface area contributed by atoms with Gasteiger partial charge in [0.05, 0.1) is 20.9 Å². The Hall–Kier alpha value is -0.990. The molecule has 0 aliphatic carbocycles. The Balaban J connectivity index is 3.06. The average molecular weight is 337 g/mol. The van der Waals surface area contributed by atoms with Crippen molar-refractivity contribution in [2.45, 2.75) is 18.7 Å². The molecule has 0 aliphatic rings. The van der Waals surface area contributed by atoms with Crippen molar-refractivity contribution in [1.29, 1.82) is 0 Å². The first kappa shape index (κ1) is 15.1. The molecular formula is C10H13BrN2O4S. The first-order chi connectivity index (χ1) is 8.23. The molecule has 6 nitrogen and oxygen atoms in total. The van der Waals surface area contributed by atoms with E-state index >= 15 is 0 Å². The Morgan fingerprint density at radius 1 is 1.50 bits per heavy atom. The molecule has 0 aliphatic heterocycles. The lowest BCUT2D eigenvalue weighted by Crippen LogP contribution is -2.27. The summed E-state index contributed by atoms with van der Waals surface area (Å²) in [5, 5.41) is 10.7. The van der Waals surface area contributed by atoms with Crippen LogP contribution in [0.3, 0.4) is 0 Å². The van der Waals surface area contributed by atoms with Gasteiger partial charge in [0.2, 0.25) is 0 Å². The van der Waals surface area contributed by atoms with Gasteiger partial charge in [-0.05, 0) is 28.4 Å². The van der Waals surface area contributed by atoms with Gasteiger partial charge in [0.15, 0.2) is 9.84 Å². The van der Waals surface area contributed by atoms with Crippen LogP contribution < -0.4 is 5.73 Å². The van der Waals surface area contributed by atoms with Crippen LogP contribution in [0.15, 0.2) is 22.7 Å². The summed E-state index contributed by atoms with van der Waals surface area (Å²) in [6, 6.07) is 3.84. The highest BCUT2D eigenvalue weighted by molar-refractivity contribution is 9.10. The van der Waals surface area contributed by atoms with Crippen LogP contribution in [0.5, 0.6) is 0 Å². The number of halogens is 1. The molecule has 2 N–H and O–H groups in total. The predicted octanol–water partition coefficient (Wildman–Crippen LogP) is 1.62. The Kier molecular flexibility index (Phi) is 4.83. The van der Waals surface area contributed by atoms with Gasteiger partial charge in [-0.15, -0.1) is 0 Å². The Morgan fingerprint density at radius 2 is 2.11 bits per heavy atom. The van der Waals surface area contributed by atoms with Gasteiger partial charge in [-0.3, -0.25) is 10.1 Å². The molecule has 0 heterocycles. The Bertz CT molecular complexity index is 557. The second-order valence-electron chi connectivity index (χ2n) is 4.04. The summed E-state index contributed by atoms with van der Waals surface area (Å²) in [4.78, 5) is 10.2. The highest BCUT2D eigenvalue weighted by atomic mass is 79.9. The maximum absolute atomic E-state index is 11.8. The minimum atomic E-state index is -3.38. The largest absolute Gasteiger partial charge is 0.327 e. The third-order valence-electron chi connectivity index (χ3n) is 2.15. The van der Waals surface area contributed by atoms with Crippen molar-refractivity contribution < 1.29 is 13.3 Å². The fourth-order valence-electron chi connectivity index (χ4n) is 1.52. The third-order valence-corrected chi connectivity index (χ3v) is 4.85. The van der Waals surface area contributed by atoms with Crippen molar-refractivity contribution in [1.82, 2.24) is 0 Å². The smallest absolute Gasteiger partial charge is 0.283 e. The molecule has 8 heteroatoms. The van der Waals surface area contributed by atoms with Crippen LogP contribution in [0.4, 0.5) is 5.69 Å². The molecule has 18 heavy (non-hydrogen) atoms. The Labute approximate surface area is 113 Å². The average Bonchev–Trinajstić information content (AvgIpc) is 2.18. The molecule has 0 saturated carbocycles. The third kappa shape index (κ3) is 4.04. The number of rotatable bonds is 5. The monoisotopic (exact) mass is 336 g/mol. The van der Waals surface area contributed by atoms with Crippen LogP contribution >= 0.6 is 15.9 Å². The number of hydrogen-bond acceptors (Lipinski definition) is 5. The normalized spacial score (nSPS) is 13.3. The van der Waals surface area contributed by atoms with Crippen molar-refractivity contribution in [2.24, 2.45) is 5.73 Å². The molecule has 1 aromatic carbocycles. The van der Waals surface area contributed by atoms with E-state index < -0.39 is 20.8 Å². The SMILES string of the molecule is CC(N)CS(=O)(=O)Cc1cccc([N+](=O)[O-])c1Br. The fourth-order valence-corrected chi connectivity index (χ4v) is 3.88. The van der Waals surface area contributed by atoms with Gasteiger partial charge in [0.1, 0.15) is 0 Å². The van der Waals surface area contributed by atoms with Gasteiger partial charge < -0.3 is 5.73 Å². The molecular weight excluding hydrogens is 324 g/mol. The van der Waals surface area contributed by atoms with Crippen molar-refractivity contribution in [3.63, 3.8) is 0 Å². The minimum Gasteiger partial charge on any atom is -0.327 e. The van der Waals surface area contributed by atoms with E-state index in [4.69, 9.17) is 5.73 Å². The summed E-state index contributed by atoms with van der Waals surface area (Å²) in [5.74, 6) is -0.418. The van der Waals surface area contributed by atoms with E-state index in [1.807, 2.05) is 0 Å². The molecule has 100 valence electrons. The maximum atomic E-state index is 11.8. The van der Waals surface area contributed by atoms with Gasteiger partial charge in [-0.25, -0.2) is 8.42 Å². The molecule has 0 radical (unpaired) electrons. The summed E-state index contributed by atoms with van der Waals surface area (Å²) in [6.07, 6.45) is 0. The van der Waals surface area contributed by atoms with E-state index in [1.165, 1.54) is 18.2 Å². The molecule has 0 spiro atoms. The zero-order valence-corrected chi connectivity index (χ0v) is 12.1. The molecule has 1 atom stereocenters. The van der Waals surface area contributed by atoms with Crippen LogP contribution in [0.2, 0.25) is 0 Å². The zero-order valence-electron chi connectivity index (χ0n) is 9.67. The molecule has 0 aromatic heterocycles. The number of nitrogens with zero attached hydrogens (tertiary/aromatic N) is 1. The lowest BCUT2D eigenvalue weighted by Gasteiger charge is -2.08. The summed E-state index contributed by atoms with van der Waals surface area (Å²) in [7, 11) is -3.38. The van der Waals surface area contributed by atoms with Crippen molar-refractivity contribution >= 4 is 31.5 Å². The fraction of sp³-hybridized carbons (Fsp3) is 0.400. The number of nitrogens with two attached hydrogens (primary N) is 1. The second-order valence-corrected chi connectivity index (χ2v) is 6.94. The highest BCUT2D eigenvalue weighted by Crippen LogP contribution is 2.29. The first-order valence-electron chi connectivity index (χ1n) is 5.10. The van der Waals surface area contributed by atoms with E-state index in [0.29, 0.717) is 5.56 Å². The lowest BCUT2D eigenvalue weighted by molar-refractivity contribution is -0.385. The summed E-state index contributed by atoms with van der Waals surface area (Å²) in [6.45, 7) is 1.60. The van der Waals surface area contributed by atoms with Gasteiger partial charge in [-0.1, -0.05) is 12.1 Å². The topological polar surface area (TPSA) is 103 Å². The number of nitro benzene ring substituents is 1. The van der Waals surface area contributed by atoms with Crippen molar-refractivity contribution in [3.8, 4) is 0 Å². The number of nitro groups is 1. The molecule has 0 bridgehead atoms. The second kappa shape index (κ2) is 5.77. The summed E-state index contributed by atoms with van der Waals surface area (Å²) < 4.78 is 23.7. The summed E-state index contributed by atoms with van der Waals surface area (Å²) in [5.41, 5.74) is 5.67. The van der Waals surface area contributed by atoms with Gasteiger partial charge in [-0.2, -0.15) is 0 Å². The van der Waals surface area contributed by atoms with Crippen LogP contribution in [0, 0.1) is 10.1 Å². The minimum absolute atomic E-state index is 0.150. The van der Waals surface area contributed by atoms with Crippen LogP contribution in [0.1, 0.15) is 12.5 Å². The maximum Gasteiger partial charge on any atom is 0.283 e. The molecule has 1 rings (SSSR count). The van der Waals surface area contributed by atoms with Crippen LogP contribution in [0.25, 0.3) is 0 Å². The van der Waals surface area contributed by atoms with E-state index in [-0.39, 0.29) is 21.7 Å². The first-order valence-corrected chi connectivity index (χ1v) is 7.72. The van der Waals surface area contributed by atoms with Crippen LogP contribution in [-0.4, -0.2) is 25.1 Å². The highest BCUT2D eigenvalue weighted by Gasteiger charge is 2.20. The Morgan fingerprint density at radius 3 is 2.61 bits per heavy atom. The number of benzene rings is 1. The van der Waals surface area contributed by atoms with E-state index in [1.54, 1.807) is 6.92 Å². The van der Waals surface area contributed by atoms with E-state index in [2.05, 4.69) is 15.9 Å². The quantitative estimate of drug-likeness (QED) is 0.649. The van der Waals surface area contributed by atoms with E-state index in [0.717, 1.165) is 0 Å². The number of sulfone groups is 1. The molecule has 1 aromatic rings. The van der Waals surface area contributed by atoms with Crippen molar-refractivity contribution in [2.75, 3.05) is 5.75 Å².